The van der Waals surface area contributed by atoms with E-state index in [0.717, 1.165) is 42.1 Å². The van der Waals surface area contributed by atoms with Crippen molar-refractivity contribution in [1.29, 1.82) is 0 Å². The van der Waals surface area contributed by atoms with Crippen molar-refractivity contribution in [3.63, 3.8) is 0 Å². The second kappa shape index (κ2) is 7.90. The van der Waals surface area contributed by atoms with E-state index in [4.69, 9.17) is 0 Å². The van der Waals surface area contributed by atoms with E-state index in [0.29, 0.717) is 12.6 Å². The van der Waals surface area contributed by atoms with Gasteiger partial charge in [0.05, 0.1) is 6.10 Å². The number of aryl methyl sites for hydroxylation is 2. The Morgan fingerprint density at radius 2 is 1.71 bits per heavy atom. The molecule has 146 valence electrons. The van der Waals surface area contributed by atoms with E-state index in [1.54, 1.807) is 6.07 Å². The number of aromatic nitrogens is 1. The summed E-state index contributed by atoms with van der Waals surface area (Å²) in [6.45, 7) is 4.94. The van der Waals surface area contributed by atoms with Crippen molar-refractivity contribution < 1.29 is 5.11 Å². The third-order valence-electron chi connectivity index (χ3n) is 6.05. The third kappa shape index (κ3) is 3.50. The number of fused-ring (bicyclic) bond motifs is 2. The lowest BCUT2D eigenvalue weighted by Gasteiger charge is -2.18. The molecule has 1 heterocycles. The van der Waals surface area contributed by atoms with Crippen LogP contribution in [-0.4, -0.2) is 22.7 Å². The molecule has 28 heavy (non-hydrogen) atoms. The molecule has 1 atom stereocenters. The molecular weight excluding hydrogens is 348 g/mol. The zero-order valence-corrected chi connectivity index (χ0v) is 16.6. The molecule has 0 aliphatic heterocycles. The first-order valence-corrected chi connectivity index (χ1v) is 10.3. The highest BCUT2D eigenvalue weighted by atomic mass is 16.3. The molecule has 1 aromatic heterocycles. The summed E-state index contributed by atoms with van der Waals surface area (Å²) in [4.78, 5) is 14.4. The van der Waals surface area contributed by atoms with Gasteiger partial charge in [0.1, 0.15) is 0 Å². The molecule has 2 aromatic carbocycles. The number of H-pyrrole nitrogens is 1. The number of hydrogen-bond acceptors (Lipinski definition) is 3. The first kappa shape index (κ1) is 18.9. The Balaban J connectivity index is 1.49. The third-order valence-corrected chi connectivity index (χ3v) is 6.05. The molecule has 3 aromatic rings. The highest BCUT2D eigenvalue weighted by molar-refractivity contribution is 5.82. The molecule has 1 aliphatic carbocycles. The topological polar surface area (TPSA) is 65.1 Å². The summed E-state index contributed by atoms with van der Waals surface area (Å²) in [6, 6.07) is 13.9. The molecule has 0 amide bonds. The van der Waals surface area contributed by atoms with E-state index in [2.05, 4.69) is 36.3 Å². The Morgan fingerprint density at radius 1 is 1.04 bits per heavy atom. The minimum atomic E-state index is -0.616. The SMILES string of the molecule is CCc1ccc(CC)c2c1CC(NCC(O)c1cccc3[nH]c(=O)ccc13)C2. The van der Waals surface area contributed by atoms with Crippen LogP contribution in [0.5, 0.6) is 0 Å². The number of aromatic amines is 1. The molecule has 4 rings (SSSR count). The Bertz CT molecular complexity index is 1020. The lowest BCUT2D eigenvalue weighted by molar-refractivity contribution is 0.171. The standard InChI is InChI=1S/C24H28N2O2/c1-3-15-8-9-16(4-2)21-13-17(12-20(15)21)25-14-23(27)19-6-5-7-22-18(19)10-11-24(28)26-22/h5-11,17,23,25,27H,3-4,12-14H2,1-2H3,(H,26,28). The summed E-state index contributed by atoms with van der Waals surface area (Å²) in [5.74, 6) is 0. The van der Waals surface area contributed by atoms with Crippen LogP contribution in [0, 0.1) is 0 Å². The van der Waals surface area contributed by atoms with Crippen molar-refractivity contribution in [1.82, 2.24) is 10.3 Å². The summed E-state index contributed by atoms with van der Waals surface area (Å²) in [5.41, 5.74) is 7.41. The molecule has 4 heteroatoms. The Kier molecular flexibility index (Phi) is 5.33. The van der Waals surface area contributed by atoms with Gasteiger partial charge in [0.2, 0.25) is 5.56 Å². The fourth-order valence-electron chi connectivity index (χ4n) is 4.56. The molecule has 0 saturated heterocycles. The smallest absolute Gasteiger partial charge is 0.248 e. The number of rotatable bonds is 6. The van der Waals surface area contributed by atoms with E-state index in [-0.39, 0.29) is 5.56 Å². The van der Waals surface area contributed by atoms with Crippen molar-refractivity contribution in [2.75, 3.05) is 6.54 Å². The Hall–Kier alpha value is -2.43. The first-order chi connectivity index (χ1) is 13.6. The average Bonchev–Trinajstić information content (AvgIpc) is 3.14. The molecule has 1 unspecified atom stereocenters. The Morgan fingerprint density at radius 3 is 2.36 bits per heavy atom. The maximum atomic E-state index is 11.5. The lowest BCUT2D eigenvalue weighted by atomic mass is 9.96. The zero-order valence-electron chi connectivity index (χ0n) is 16.6. The predicted octanol–water partition coefficient (Wildman–Crippen LogP) is 3.44. The van der Waals surface area contributed by atoms with Crippen LogP contribution in [0.15, 0.2) is 47.3 Å². The van der Waals surface area contributed by atoms with Crippen LogP contribution < -0.4 is 10.9 Å². The molecule has 0 spiro atoms. The largest absolute Gasteiger partial charge is 0.387 e. The van der Waals surface area contributed by atoms with Crippen molar-refractivity contribution in [3.05, 3.63) is 80.6 Å². The van der Waals surface area contributed by atoms with Crippen LogP contribution in [0.1, 0.15) is 47.8 Å². The molecule has 0 fully saturated rings. The van der Waals surface area contributed by atoms with Crippen LogP contribution in [0.25, 0.3) is 10.9 Å². The van der Waals surface area contributed by atoms with Crippen molar-refractivity contribution >= 4 is 10.9 Å². The van der Waals surface area contributed by atoms with Crippen LogP contribution in [-0.2, 0) is 25.7 Å². The number of aliphatic hydroxyl groups excluding tert-OH is 1. The molecule has 4 nitrogen and oxygen atoms in total. The summed E-state index contributed by atoms with van der Waals surface area (Å²) in [7, 11) is 0. The van der Waals surface area contributed by atoms with Crippen LogP contribution in [0.2, 0.25) is 0 Å². The molecule has 1 aliphatic rings. The summed E-state index contributed by atoms with van der Waals surface area (Å²) in [6.07, 6.45) is 3.57. The minimum Gasteiger partial charge on any atom is -0.387 e. The van der Waals surface area contributed by atoms with E-state index in [1.807, 2.05) is 18.2 Å². The van der Waals surface area contributed by atoms with Crippen LogP contribution in [0.4, 0.5) is 0 Å². The second-order valence-corrected chi connectivity index (χ2v) is 7.71. The molecule has 0 radical (unpaired) electrons. The van der Waals surface area contributed by atoms with Gasteiger partial charge in [0, 0.05) is 29.6 Å². The summed E-state index contributed by atoms with van der Waals surface area (Å²) in [5, 5.41) is 15.3. The second-order valence-electron chi connectivity index (χ2n) is 7.71. The normalized spacial score (nSPS) is 15.1. The molecular formula is C24H28N2O2. The molecule has 3 N–H and O–H groups in total. The van der Waals surface area contributed by atoms with Gasteiger partial charge in [-0.15, -0.1) is 0 Å². The summed E-state index contributed by atoms with van der Waals surface area (Å²) < 4.78 is 0. The van der Waals surface area contributed by atoms with Crippen LogP contribution >= 0.6 is 0 Å². The van der Waals surface area contributed by atoms with Gasteiger partial charge in [-0.05, 0) is 65.6 Å². The van der Waals surface area contributed by atoms with Gasteiger partial charge in [-0.3, -0.25) is 4.79 Å². The van der Waals surface area contributed by atoms with E-state index in [1.165, 1.54) is 28.3 Å². The maximum absolute atomic E-state index is 11.5. The number of hydrogen-bond donors (Lipinski definition) is 3. The van der Waals surface area contributed by atoms with Gasteiger partial charge in [0.15, 0.2) is 0 Å². The van der Waals surface area contributed by atoms with E-state index >= 15 is 0 Å². The predicted molar refractivity (Wildman–Crippen MR) is 114 cm³/mol. The first-order valence-electron chi connectivity index (χ1n) is 10.3. The number of nitrogens with one attached hydrogen (secondary N) is 2. The van der Waals surface area contributed by atoms with Crippen molar-refractivity contribution in [2.24, 2.45) is 0 Å². The maximum Gasteiger partial charge on any atom is 0.248 e. The number of aliphatic hydroxyl groups is 1. The lowest BCUT2D eigenvalue weighted by Crippen LogP contribution is -2.33. The fraction of sp³-hybridized carbons (Fsp3) is 0.375. The van der Waals surface area contributed by atoms with Crippen molar-refractivity contribution in [3.8, 4) is 0 Å². The summed E-state index contributed by atoms with van der Waals surface area (Å²) >= 11 is 0. The van der Waals surface area contributed by atoms with Gasteiger partial charge >= 0.3 is 0 Å². The number of pyridine rings is 1. The van der Waals surface area contributed by atoms with Crippen LogP contribution in [0.3, 0.4) is 0 Å². The average molecular weight is 377 g/mol. The monoisotopic (exact) mass is 376 g/mol. The Labute approximate surface area is 165 Å². The molecule has 0 saturated carbocycles. The minimum absolute atomic E-state index is 0.126. The van der Waals surface area contributed by atoms with Gasteiger partial charge in [0.25, 0.3) is 0 Å². The zero-order chi connectivity index (χ0) is 19.7. The quantitative estimate of drug-likeness (QED) is 0.617. The highest BCUT2D eigenvalue weighted by Gasteiger charge is 2.26. The van der Waals surface area contributed by atoms with E-state index in [9.17, 15) is 9.90 Å². The highest BCUT2D eigenvalue weighted by Crippen LogP contribution is 2.30. The van der Waals surface area contributed by atoms with Gasteiger partial charge in [-0.2, -0.15) is 0 Å². The van der Waals surface area contributed by atoms with Gasteiger partial charge in [-0.25, -0.2) is 0 Å². The van der Waals surface area contributed by atoms with E-state index < -0.39 is 6.10 Å². The molecule has 0 bridgehead atoms. The van der Waals surface area contributed by atoms with Crippen molar-refractivity contribution in [2.45, 2.75) is 51.7 Å². The van der Waals surface area contributed by atoms with Gasteiger partial charge < -0.3 is 15.4 Å². The van der Waals surface area contributed by atoms with Gasteiger partial charge in [-0.1, -0.05) is 38.1 Å². The number of benzene rings is 2. The fourth-order valence-corrected chi connectivity index (χ4v) is 4.56.